The summed E-state index contributed by atoms with van der Waals surface area (Å²) in [5.74, 6) is 1.12. The lowest BCUT2D eigenvalue weighted by Gasteiger charge is -2.09. The van der Waals surface area contributed by atoms with Crippen LogP contribution in [0.1, 0.15) is 15.9 Å². The van der Waals surface area contributed by atoms with Gasteiger partial charge in [-0.25, -0.2) is 9.37 Å². The molecule has 6 nitrogen and oxygen atoms in total. The smallest absolute Gasteiger partial charge is 0.256 e. The Labute approximate surface area is 161 Å². The van der Waals surface area contributed by atoms with Gasteiger partial charge in [-0.2, -0.15) is 0 Å². The van der Waals surface area contributed by atoms with Crippen LogP contribution in [0.3, 0.4) is 0 Å². The Kier molecular flexibility index (Phi) is 5.05. The number of benzene rings is 2. The molecule has 2 heterocycles. The first-order valence-corrected chi connectivity index (χ1v) is 8.83. The summed E-state index contributed by atoms with van der Waals surface area (Å²) in [4.78, 5) is 16.6. The fourth-order valence-corrected chi connectivity index (χ4v) is 2.84. The van der Waals surface area contributed by atoms with Crippen LogP contribution in [0, 0.1) is 5.82 Å². The number of carbonyl (C=O) groups is 1. The van der Waals surface area contributed by atoms with Gasteiger partial charge < -0.3 is 20.1 Å². The van der Waals surface area contributed by atoms with Crippen molar-refractivity contribution in [3.8, 4) is 11.5 Å². The summed E-state index contributed by atoms with van der Waals surface area (Å²) in [6.45, 7) is 0.735. The first-order valence-electron chi connectivity index (χ1n) is 8.83. The highest BCUT2D eigenvalue weighted by molar-refractivity contribution is 6.04. The molecule has 2 aromatic carbocycles. The average Bonchev–Trinajstić information content (AvgIpc) is 3.18. The van der Waals surface area contributed by atoms with Gasteiger partial charge in [0.25, 0.3) is 5.91 Å². The molecular weight excluding hydrogens is 361 g/mol. The maximum Gasteiger partial charge on any atom is 0.256 e. The maximum atomic E-state index is 13.6. The maximum absolute atomic E-state index is 13.6. The zero-order valence-corrected chi connectivity index (χ0v) is 14.9. The Morgan fingerprint density at radius 2 is 1.93 bits per heavy atom. The van der Waals surface area contributed by atoms with Gasteiger partial charge in [0.15, 0.2) is 11.5 Å². The van der Waals surface area contributed by atoms with Gasteiger partial charge in [0.1, 0.15) is 11.6 Å². The molecule has 0 radical (unpaired) electrons. The molecule has 142 valence electrons. The topological polar surface area (TPSA) is 72.5 Å². The first-order chi connectivity index (χ1) is 13.7. The van der Waals surface area contributed by atoms with E-state index in [4.69, 9.17) is 9.47 Å². The zero-order chi connectivity index (χ0) is 19.3. The van der Waals surface area contributed by atoms with Crippen molar-refractivity contribution in [1.29, 1.82) is 0 Å². The van der Waals surface area contributed by atoms with Crippen LogP contribution in [-0.4, -0.2) is 24.2 Å². The van der Waals surface area contributed by atoms with Crippen molar-refractivity contribution in [2.75, 3.05) is 24.0 Å². The standard InChI is InChI=1S/C21H18FN3O3/c22-17-4-2-1-3-14(17)9-10-23-16-6-8-20(24-12-16)25-21(26)15-5-7-18-19(11-15)28-13-27-18/h1-8,11-12,23H,9-10,13H2,(H,24,25,26). The molecule has 2 N–H and O–H groups in total. The van der Waals surface area contributed by atoms with E-state index in [1.165, 1.54) is 6.07 Å². The lowest BCUT2D eigenvalue weighted by atomic mass is 10.1. The Balaban J connectivity index is 1.32. The van der Waals surface area contributed by atoms with Crippen molar-refractivity contribution < 1.29 is 18.7 Å². The predicted molar refractivity (Wildman–Crippen MR) is 103 cm³/mol. The first kappa shape index (κ1) is 17.8. The second-order valence-electron chi connectivity index (χ2n) is 6.22. The van der Waals surface area contributed by atoms with Crippen molar-refractivity contribution in [3.63, 3.8) is 0 Å². The number of nitrogens with zero attached hydrogens (tertiary/aromatic N) is 1. The fraction of sp³-hybridized carbons (Fsp3) is 0.143. The van der Waals surface area contributed by atoms with E-state index >= 15 is 0 Å². The van der Waals surface area contributed by atoms with Crippen LogP contribution in [0.25, 0.3) is 0 Å². The minimum atomic E-state index is -0.286. The van der Waals surface area contributed by atoms with Gasteiger partial charge in [-0.3, -0.25) is 4.79 Å². The van der Waals surface area contributed by atoms with E-state index in [1.807, 2.05) is 12.1 Å². The van der Waals surface area contributed by atoms with Gasteiger partial charge in [-0.1, -0.05) is 18.2 Å². The van der Waals surface area contributed by atoms with Crippen LogP contribution in [0.4, 0.5) is 15.9 Å². The van der Waals surface area contributed by atoms with Gasteiger partial charge in [0, 0.05) is 12.1 Å². The van der Waals surface area contributed by atoms with Crippen molar-refractivity contribution in [2.24, 2.45) is 0 Å². The number of nitrogens with one attached hydrogen (secondary N) is 2. The number of anilines is 2. The number of pyridine rings is 1. The Bertz CT molecular complexity index is 992. The van der Waals surface area contributed by atoms with Crippen LogP contribution < -0.4 is 20.1 Å². The summed E-state index contributed by atoms with van der Waals surface area (Å²) in [7, 11) is 0. The predicted octanol–water partition coefficient (Wildman–Crippen LogP) is 3.86. The third-order valence-corrected chi connectivity index (χ3v) is 4.32. The highest BCUT2D eigenvalue weighted by Crippen LogP contribution is 2.32. The van der Waals surface area contributed by atoms with Crippen molar-refractivity contribution >= 4 is 17.4 Å². The summed E-state index contributed by atoms with van der Waals surface area (Å²) in [5.41, 5.74) is 1.91. The number of aromatic nitrogens is 1. The Morgan fingerprint density at radius 1 is 1.07 bits per heavy atom. The van der Waals surface area contributed by atoms with E-state index in [9.17, 15) is 9.18 Å². The molecule has 1 aliphatic rings. The van der Waals surface area contributed by atoms with E-state index < -0.39 is 0 Å². The number of halogens is 1. The molecular formula is C21H18FN3O3. The number of amides is 1. The number of hydrogen-bond acceptors (Lipinski definition) is 5. The monoisotopic (exact) mass is 379 g/mol. The van der Waals surface area contributed by atoms with E-state index in [0.29, 0.717) is 41.4 Å². The van der Waals surface area contributed by atoms with Gasteiger partial charge in [0.2, 0.25) is 6.79 Å². The molecule has 0 fully saturated rings. The highest BCUT2D eigenvalue weighted by Gasteiger charge is 2.16. The van der Waals surface area contributed by atoms with Crippen molar-refractivity contribution in [2.45, 2.75) is 6.42 Å². The molecule has 1 aromatic heterocycles. The molecule has 0 aliphatic carbocycles. The zero-order valence-electron chi connectivity index (χ0n) is 14.9. The largest absolute Gasteiger partial charge is 0.454 e. The molecule has 28 heavy (non-hydrogen) atoms. The molecule has 0 saturated heterocycles. The van der Waals surface area contributed by atoms with Gasteiger partial charge in [0.05, 0.1) is 11.9 Å². The molecule has 0 unspecified atom stereocenters. The molecule has 1 aliphatic heterocycles. The number of ether oxygens (including phenoxy) is 2. The quantitative estimate of drug-likeness (QED) is 0.681. The fourth-order valence-electron chi connectivity index (χ4n) is 2.84. The Hall–Kier alpha value is -3.61. The van der Waals surface area contributed by atoms with Crippen LogP contribution in [0.2, 0.25) is 0 Å². The number of rotatable bonds is 6. The minimum Gasteiger partial charge on any atom is -0.454 e. The summed E-state index contributed by atoms with van der Waals surface area (Å²) < 4.78 is 24.1. The lowest BCUT2D eigenvalue weighted by Crippen LogP contribution is -2.13. The normalized spacial score (nSPS) is 11.9. The molecule has 7 heteroatoms. The van der Waals surface area contributed by atoms with E-state index in [2.05, 4.69) is 15.6 Å². The molecule has 1 amide bonds. The van der Waals surface area contributed by atoms with Gasteiger partial charge >= 0.3 is 0 Å². The van der Waals surface area contributed by atoms with Crippen molar-refractivity contribution in [1.82, 2.24) is 4.98 Å². The third-order valence-electron chi connectivity index (χ3n) is 4.32. The second-order valence-corrected chi connectivity index (χ2v) is 6.22. The molecule has 0 spiro atoms. The van der Waals surface area contributed by atoms with E-state index in [-0.39, 0.29) is 18.5 Å². The van der Waals surface area contributed by atoms with Crippen LogP contribution in [0.5, 0.6) is 11.5 Å². The minimum absolute atomic E-state index is 0.160. The van der Waals surface area contributed by atoms with Gasteiger partial charge in [-0.15, -0.1) is 0 Å². The SMILES string of the molecule is O=C(Nc1ccc(NCCc2ccccc2F)cn1)c1ccc2c(c1)OCO2. The highest BCUT2D eigenvalue weighted by atomic mass is 19.1. The van der Waals surface area contributed by atoms with E-state index in [0.717, 1.165) is 5.69 Å². The summed E-state index contributed by atoms with van der Waals surface area (Å²) in [6, 6.07) is 15.2. The van der Waals surface area contributed by atoms with Crippen LogP contribution in [-0.2, 0) is 6.42 Å². The molecule has 4 rings (SSSR count). The number of carbonyl (C=O) groups excluding carboxylic acids is 1. The molecule has 0 bridgehead atoms. The number of hydrogen-bond donors (Lipinski definition) is 2. The Morgan fingerprint density at radius 3 is 2.75 bits per heavy atom. The molecule has 0 atom stereocenters. The third kappa shape index (κ3) is 4.03. The van der Waals surface area contributed by atoms with Crippen molar-refractivity contribution in [3.05, 3.63) is 77.7 Å². The second kappa shape index (κ2) is 7.96. The summed E-state index contributed by atoms with van der Waals surface area (Å²) >= 11 is 0. The van der Waals surface area contributed by atoms with Gasteiger partial charge in [-0.05, 0) is 48.4 Å². The van der Waals surface area contributed by atoms with Crippen LogP contribution in [0.15, 0.2) is 60.8 Å². The summed E-state index contributed by atoms with van der Waals surface area (Å²) in [5, 5.41) is 5.93. The lowest BCUT2D eigenvalue weighted by molar-refractivity contribution is 0.102. The summed E-state index contributed by atoms with van der Waals surface area (Å²) in [6.07, 6.45) is 2.19. The van der Waals surface area contributed by atoms with E-state index in [1.54, 1.807) is 42.6 Å². The number of fused-ring (bicyclic) bond motifs is 1. The van der Waals surface area contributed by atoms with Crippen LogP contribution >= 0.6 is 0 Å². The molecule has 3 aromatic rings. The molecule has 0 saturated carbocycles. The average molecular weight is 379 g/mol.